The molecule has 0 saturated carbocycles. The highest BCUT2D eigenvalue weighted by Crippen LogP contribution is 2.31. The summed E-state index contributed by atoms with van der Waals surface area (Å²) in [4.78, 5) is 11.7. The predicted molar refractivity (Wildman–Crippen MR) is 132 cm³/mol. The molecule has 2 saturated heterocycles. The maximum Gasteiger partial charge on any atom is 0.267 e. The molecule has 2 aliphatic heterocycles. The molecule has 0 aromatic rings. The summed E-state index contributed by atoms with van der Waals surface area (Å²) in [6.45, 7) is 1.19. The fourth-order valence-electron chi connectivity index (χ4n) is 4.38. The van der Waals surface area contributed by atoms with Crippen LogP contribution in [0.25, 0.3) is 0 Å². The molecule has 0 spiro atoms. The van der Waals surface area contributed by atoms with Crippen molar-refractivity contribution in [1.82, 2.24) is 5.32 Å². The molecule has 20 nitrogen and oxygen atoms in total. The average Bonchev–Trinajstić information content (AvgIpc) is 2.85. The zero-order valence-electron chi connectivity index (χ0n) is 22.2. The van der Waals surface area contributed by atoms with Crippen LogP contribution < -0.4 is 5.32 Å². The summed E-state index contributed by atoms with van der Waals surface area (Å²) in [6.07, 6.45) is -25.9. The third kappa shape index (κ3) is 9.91. The highest BCUT2D eigenvalue weighted by Gasteiger charge is 2.52. The number of carbonyl (C=O) groups is 1. The van der Waals surface area contributed by atoms with E-state index in [0.29, 0.717) is 0 Å². The Labute approximate surface area is 239 Å². The van der Waals surface area contributed by atoms with Crippen LogP contribution in [0.15, 0.2) is 0 Å². The van der Waals surface area contributed by atoms with Crippen LogP contribution in [0, 0.1) is 0 Å². The molecule has 1 amide bonds. The normalized spacial score (nSPS) is 37.4. The highest BCUT2D eigenvalue weighted by molar-refractivity contribution is 7.86. The van der Waals surface area contributed by atoms with E-state index in [1.54, 1.807) is 0 Å². The minimum absolute atomic E-state index is 0.837. The van der Waals surface area contributed by atoms with E-state index in [1.807, 2.05) is 0 Å². The minimum atomic E-state index is -4.91. The number of amides is 1. The van der Waals surface area contributed by atoms with Gasteiger partial charge < -0.3 is 65.1 Å². The van der Waals surface area contributed by atoms with Gasteiger partial charge in [0, 0.05) is 6.92 Å². The molecular formula is C20H37NO19S2. The molecule has 42 heavy (non-hydrogen) atoms. The van der Waals surface area contributed by atoms with E-state index in [9.17, 15) is 67.0 Å². The first-order chi connectivity index (χ1) is 19.2. The number of hydrogen-bond donors (Lipinski definition) is 11. The number of aliphatic hydroxyl groups excluding tert-OH is 8. The van der Waals surface area contributed by atoms with Crippen LogP contribution in [0.4, 0.5) is 0 Å². The molecule has 22 heteroatoms. The Kier molecular flexibility index (Phi) is 13.0. The van der Waals surface area contributed by atoms with Gasteiger partial charge in [-0.3, -0.25) is 13.9 Å². The molecule has 0 unspecified atom stereocenters. The van der Waals surface area contributed by atoms with Crippen LogP contribution in [-0.4, -0.2) is 177 Å². The number of ether oxygens (including phenoxy) is 4. The molecule has 2 fully saturated rings. The van der Waals surface area contributed by atoms with Gasteiger partial charge in [0.25, 0.3) is 20.2 Å². The summed E-state index contributed by atoms with van der Waals surface area (Å²) in [5, 5.41) is 84.6. The van der Waals surface area contributed by atoms with Crippen molar-refractivity contribution in [2.75, 3.05) is 18.1 Å². The summed E-state index contributed by atoms with van der Waals surface area (Å²) in [6, 6.07) is -1.68. The first-order valence-corrected chi connectivity index (χ1v) is 15.5. The highest BCUT2D eigenvalue weighted by atomic mass is 32.2. The second-order valence-corrected chi connectivity index (χ2v) is 12.9. The number of rotatable bonds is 13. The maximum absolute atomic E-state index is 11.7. The van der Waals surface area contributed by atoms with E-state index in [1.165, 1.54) is 6.92 Å². The molecule has 14 atom stereocenters. The molecule has 0 aromatic heterocycles. The summed E-state index contributed by atoms with van der Waals surface area (Å²) >= 11 is 0. The van der Waals surface area contributed by atoms with Crippen molar-refractivity contribution in [2.45, 2.75) is 99.6 Å². The molecule has 2 rings (SSSR count). The van der Waals surface area contributed by atoms with Gasteiger partial charge in [0.15, 0.2) is 12.6 Å². The summed E-state index contributed by atoms with van der Waals surface area (Å²) in [7, 11) is -9.81. The molecule has 2 aliphatic rings. The van der Waals surface area contributed by atoms with Crippen molar-refractivity contribution in [2.24, 2.45) is 0 Å². The van der Waals surface area contributed by atoms with Crippen LogP contribution in [0.3, 0.4) is 0 Å². The van der Waals surface area contributed by atoms with Gasteiger partial charge in [-0.2, -0.15) is 16.8 Å². The van der Waals surface area contributed by atoms with E-state index in [0.717, 1.165) is 6.92 Å². The minimum Gasteiger partial charge on any atom is -0.394 e. The number of hydrogen-bond acceptors (Lipinski definition) is 17. The van der Waals surface area contributed by atoms with Gasteiger partial charge in [-0.1, -0.05) is 0 Å². The third-order valence-electron chi connectivity index (χ3n) is 6.50. The van der Waals surface area contributed by atoms with Gasteiger partial charge in [0.2, 0.25) is 5.91 Å². The van der Waals surface area contributed by atoms with Crippen molar-refractivity contribution < 1.29 is 90.5 Å². The van der Waals surface area contributed by atoms with Crippen LogP contribution in [0.2, 0.25) is 0 Å². The van der Waals surface area contributed by atoms with Crippen molar-refractivity contribution in [3.8, 4) is 0 Å². The second kappa shape index (κ2) is 14.7. The molecule has 0 aromatic carbocycles. The smallest absolute Gasteiger partial charge is 0.267 e. The standard InChI is InChI=1S/C20H37NO19S2/c1-6-11(25)14(28)16(30)19(37-6)40-18-15(29)13(27)10(5-42(34,35)36)38-20(18)39-17(8(3-22)21-7(2)23)12(26)9(24)4-41(31,32)33/h6,8-20,22,24-30H,3-5H2,1-2H3,(H,21,23)(H,31,32,33)(H,34,35,36)/t6-,8-,9+,10+,11+,12+,13-,14+,15-,16-,17+,18+,19-,20-/m0/s1. The number of carbonyl (C=O) groups excluding carboxylic acids is 1. The Bertz CT molecular complexity index is 1110. The fourth-order valence-corrected chi connectivity index (χ4v) is 5.70. The second-order valence-electron chi connectivity index (χ2n) is 9.95. The van der Waals surface area contributed by atoms with Gasteiger partial charge in [0.05, 0.1) is 24.9 Å². The monoisotopic (exact) mass is 659 g/mol. The Balaban J connectivity index is 2.52. The lowest BCUT2D eigenvalue weighted by Crippen LogP contribution is -2.66. The van der Waals surface area contributed by atoms with Gasteiger partial charge in [0.1, 0.15) is 66.4 Å². The maximum atomic E-state index is 11.7. The van der Waals surface area contributed by atoms with Crippen molar-refractivity contribution in [3.05, 3.63) is 0 Å². The molecule has 0 bridgehead atoms. The van der Waals surface area contributed by atoms with E-state index in [-0.39, 0.29) is 0 Å². The van der Waals surface area contributed by atoms with Gasteiger partial charge in [-0.25, -0.2) is 0 Å². The largest absolute Gasteiger partial charge is 0.394 e. The zero-order valence-corrected chi connectivity index (χ0v) is 23.8. The Hall–Kier alpha value is -1.19. The topological polar surface area (TPSA) is 337 Å². The Morgan fingerprint density at radius 2 is 1.48 bits per heavy atom. The van der Waals surface area contributed by atoms with Crippen LogP contribution >= 0.6 is 0 Å². The average molecular weight is 660 g/mol. The SMILES string of the molecule is CC(=O)N[C@@H](CO)[C@@H](O[C@@H]1O[C@H](CS(=O)(=O)O)[C@H](O)[C@H](O)[C@H]1O[C@@H]1O[C@@H](C)[C@@H](O)[C@@H](O)[C@@H]1O)[C@H](O)[C@H](O)CS(=O)(=O)O. The Morgan fingerprint density at radius 1 is 0.881 bits per heavy atom. The predicted octanol–water partition coefficient (Wildman–Crippen LogP) is -6.97. The number of nitrogens with one attached hydrogen (secondary N) is 1. The van der Waals surface area contributed by atoms with E-state index >= 15 is 0 Å². The molecule has 248 valence electrons. The van der Waals surface area contributed by atoms with Crippen molar-refractivity contribution in [1.29, 1.82) is 0 Å². The molecular weight excluding hydrogens is 622 g/mol. The summed E-state index contributed by atoms with van der Waals surface area (Å²) in [5.74, 6) is -3.64. The first-order valence-electron chi connectivity index (χ1n) is 12.3. The molecule has 2 heterocycles. The van der Waals surface area contributed by atoms with Crippen molar-refractivity contribution >= 4 is 26.1 Å². The van der Waals surface area contributed by atoms with Gasteiger partial charge >= 0.3 is 0 Å². The molecule has 0 aliphatic carbocycles. The fraction of sp³-hybridized carbons (Fsp3) is 0.950. The zero-order chi connectivity index (χ0) is 32.3. The lowest BCUT2D eigenvalue weighted by molar-refractivity contribution is -0.370. The van der Waals surface area contributed by atoms with Crippen LogP contribution in [-0.2, 0) is 44.0 Å². The van der Waals surface area contributed by atoms with Crippen LogP contribution in [0.1, 0.15) is 13.8 Å². The third-order valence-corrected chi connectivity index (χ3v) is 8.02. The molecule has 11 N–H and O–H groups in total. The van der Waals surface area contributed by atoms with Gasteiger partial charge in [-0.05, 0) is 6.92 Å². The van der Waals surface area contributed by atoms with E-state index in [2.05, 4.69) is 5.32 Å². The lowest BCUT2D eigenvalue weighted by atomic mass is 9.97. The lowest BCUT2D eigenvalue weighted by Gasteiger charge is -2.47. The van der Waals surface area contributed by atoms with Crippen LogP contribution in [0.5, 0.6) is 0 Å². The summed E-state index contributed by atoms with van der Waals surface area (Å²) in [5.41, 5.74) is 0. The van der Waals surface area contributed by atoms with E-state index in [4.69, 9.17) is 23.5 Å². The number of aliphatic hydroxyl groups is 8. The Morgan fingerprint density at radius 3 is 1.98 bits per heavy atom. The first kappa shape index (κ1) is 37.0. The quantitative estimate of drug-likeness (QED) is 0.0818. The van der Waals surface area contributed by atoms with Gasteiger partial charge in [-0.15, -0.1) is 0 Å². The molecule has 0 radical (unpaired) electrons. The summed E-state index contributed by atoms with van der Waals surface area (Å²) < 4.78 is 85.6. The van der Waals surface area contributed by atoms with Crippen molar-refractivity contribution in [3.63, 3.8) is 0 Å². The van der Waals surface area contributed by atoms with E-state index < -0.39 is 130 Å².